The largest absolute Gasteiger partial charge is 0.453 e. The standard InChI is InChI=1S/C20H22FN5O3/c1-12-17(13(2)26-20(25-12)23-11-24-26)8-9-18(27)29-14(3)19(28)22-10-15-4-6-16(21)7-5-15/h4-7,11,14H,8-10H2,1-3H3,(H,22,28). The Balaban J connectivity index is 1.51. The highest BCUT2D eigenvalue weighted by molar-refractivity contribution is 5.83. The minimum absolute atomic E-state index is 0.110. The van der Waals surface area contributed by atoms with E-state index in [1.807, 2.05) is 13.8 Å². The molecular weight excluding hydrogens is 377 g/mol. The molecule has 0 saturated heterocycles. The first kappa shape index (κ1) is 20.4. The van der Waals surface area contributed by atoms with Crippen LogP contribution in [-0.4, -0.2) is 37.6 Å². The number of fused-ring (bicyclic) bond motifs is 1. The van der Waals surface area contributed by atoms with Crippen LogP contribution < -0.4 is 5.32 Å². The van der Waals surface area contributed by atoms with E-state index in [4.69, 9.17) is 4.74 Å². The lowest BCUT2D eigenvalue weighted by molar-refractivity contribution is -0.154. The molecule has 0 saturated carbocycles. The van der Waals surface area contributed by atoms with Crippen molar-refractivity contribution in [1.29, 1.82) is 0 Å². The number of aromatic nitrogens is 4. The van der Waals surface area contributed by atoms with Crippen LogP contribution in [0.3, 0.4) is 0 Å². The number of carbonyl (C=O) groups excluding carboxylic acids is 2. The maximum absolute atomic E-state index is 12.9. The van der Waals surface area contributed by atoms with E-state index in [-0.39, 0.29) is 18.8 Å². The van der Waals surface area contributed by atoms with Gasteiger partial charge in [-0.15, -0.1) is 0 Å². The van der Waals surface area contributed by atoms with Gasteiger partial charge in [0.05, 0.1) is 0 Å². The van der Waals surface area contributed by atoms with Crippen LogP contribution >= 0.6 is 0 Å². The number of hydrogen-bond donors (Lipinski definition) is 1. The van der Waals surface area contributed by atoms with Gasteiger partial charge in [-0.05, 0) is 50.5 Å². The maximum Gasteiger partial charge on any atom is 0.306 e. The number of hydrogen-bond acceptors (Lipinski definition) is 6. The van der Waals surface area contributed by atoms with Crippen molar-refractivity contribution >= 4 is 17.7 Å². The average Bonchev–Trinajstić information content (AvgIpc) is 3.15. The van der Waals surface area contributed by atoms with Crippen molar-refractivity contribution in [1.82, 2.24) is 24.9 Å². The summed E-state index contributed by atoms with van der Waals surface area (Å²) in [4.78, 5) is 32.7. The van der Waals surface area contributed by atoms with E-state index in [1.54, 1.807) is 16.6 Å². The molecule has 1 unspecified atom stereocenters. The van der Waals surface area contributed by atoms with E-state index >= 15 is 0 Å². The molecule has 0 aliphatic rings. The Morgan fingerprint density at radius 1 is 1.24 bits per heavy atom. The van der Waals surface area contributed by atoms with Gasteiger partial charge in [0.25, 0.3) is 11.7 Å². The van der Waals surface area contributed by atoms with E-state index in [1.165, 1.54) is 25.4 Å². The number of aryl methyl sites for hydroxylation is 2. The number of benzene rings is 1. The lowest BCUT2D eigenvalue weighted by atomic mass is 10.1. The van der Waals surface area contributed by atoms with E-state index in [0.29, 0.717) is 12.2 Å². The minimum atomic E-state index is -0.930. The summed E-state index contributed by atoms with van der Waals surface area (Å²) in [6.45, 7) is 5.48. The van der Waals surface area contributed by atoms with Gasteiger partial charge < -0.3 is 10.1 Å². The molecule has 9 heteroatoms. The Bertz CT molecular complexity index is 1030. The van der Waals surface area contributed by atoms with Crippen LogP contribution in [0.4, 0.5) is 4.39 Å². The number of ether oxygens (including phenoxy) is 1. The quantitative estimate of drug-likeness (QED) is 0.611. The first-order valence-corrected chi connectivity index (χ1v) is 9.22. The third-order valence-electron chi connectivity index (χ3n) is 4.63. The second-order valence-corrected chi connectivity index (χ2v) is 6.71. The lowest BCUT2D eigenvalue weighted by Crippen LogP contribution is -2.35. The minimum Gasteiger partial charge on any atom is -0.453 e. The third kappa shape index (κ3) is 4.92. The number of halogens is 1. The molecule has 0 aliphatic heterocycles. The van der Waals surface area contributed by atoms with Crippen molar-refractivity contribution in [2.24, 2.45) is 0 Å². The highest BCUT2D eigenvalue weighted by Crippen LogP contribution is 2.15. The van der Waals surface area contributed by atoms with Crippen molar-refractivity contribution in [3.63, 3.8) is 0 Å². The SMILES string of the molecule is Cc1nc2ncnn2c(C)c1CCC(=O)OC(C)C(=O)NCc1ccc(F)cc1. The van der Waals surface area contributed by atoms with Crippen LogP contribution in [-0.2, 0) is 27.3 Å². The second-order valence-electron chi connectivity index (χ2n) is 6.71. The van der Waals surface area contributed by atoms with Crippen molar-refractivity contribution in [3.05, 3.63) is 58.9 Å². The first-order valence-electron chi connectivity index (χ1n) is 9.22. The highest BCUT2D eigenvalue weighted by atomic mass is 19.1. The lowest BCUT2D eigenvalue weighted by Gasteiger charge is -2.14. The summed E-state index contributed by atoms with van der Waals surface area (Å²) in [5.74, 6) is -0.726. The normalized spacial score (nSPS) is 12.0. The van der Waals surface area contributed by atoms with Crippen molar-refractivity contribution in [3.8, 4) is 0 Å². The number of esters is 1. The van der Waals surface area contributed by atoms with Gasteiger partial charge >= 0.3 is 5.97 Å². The molecule has 3 aromatic rings. The molecule has 3 rings (SSSR count). The highest BCUT2D eigenvalue weighted by Gasteiger charge is 2.19. The molecule has 0 spiro atoms. The second kappa shape index (κ2) is 8.76. The van der Waals surface area contributed by atoms with Crippen LogP contribution in [0.25, 0.3) is 5.78 Å². The van der Waals surface area contributed by atoms with Gasteiger partial charge in [0, 0.05) is 24.4 Å². The fourth-order valence-electron chi connectivity index (χ4n) is 2.99. The van der Waals surface area contributed by atoms with E-state index < -0.39 is 18.0 Å². The fourth-order valence-corrected chi connectivity index (χ4v) is 2.99. The summed E-state index contributed by atoms with van der Waals surface area (Å²) in [5, 5.41) is 6.79. The van der Waals surface area contributed by atoms with E-state index in [2.05, 4.69) is 20.4 Å². The van der Waals surface area contributed by atoms with E-state index in [0.717, 1.165) is 22.5 Å². The van der Waals surface area contributed by atoms with Crippen LogP contribution in [0.15, 0.2) is 30.6 Å². The smallest absolute Gasteiger partial charge is 0.306 e. The molecule has 2 heterocycles. The predicted molar refractivity (Wildman–Crippen MR) is 102 cm³/mol. The van der Waals surface area contributed by atoms with Crippen LogP contribution in [0, 0.1) is 19.7 Å². The Labute approximate surface area is 167 Å². The van der Waals surface area contributed by atoms with Gasteiger partial charge in [0.15, 0.2) is 6.10 Å². The van der Waals surface area contributed by atoms with Crippen molar-refractivity contribution < 1.29 is 18.7 Å². The summed E-state index contributed by atoms with van der Waals surface area (Å²) in [7, 11) is 0. The topological polar surface area (TPSA) is 98.5 Å². The Morgan fingerprint density at radius 3 is 2.69 bits per heavy atom. The van der Waals surface area contributed by atoms with Gasteiger partial charge in [-0.1, -0.05) is 12.1 Å². The molecule has 1 aromatic carbocycles. The summed E-state index contributed by atoms with van der Waals surface area (Å²) in [5.41, 5.74) is 3.29. The number of carbonyl (C=O) groups is 2. The maximum atomic E-state index is 12.9. The number of amides is 1. The molecule has 0 fully saturated rings. The summed E-state index contributed by atoms with van der Waals surface area (Å²) in [6, 6.07) is 5.80. The van der Waals surface area contributed by atoms with Gasteiger partial charge in [-0.2, -0.15) is 10.1 Å². The van der Waals surface area contributed by atoms with Crippen molar-refractivity contribution in [2.75, 3.05) is 0 Å². The fraction of sp³-hybridized carbons (Fsp3) is 0.350. The van der Waals surface area contributed by atoms with Crippen LogP contribution in [0.2, 0.25) is 0 Å². The molecule has 0 radical (unpaired) electrons. The molecule has 1 N–H and O–H groups in total. The third-order valence-corrected chi connectivity index (χ3v) is 4.63. The monoisotopic (exact) mass is 399 g/mol. The zero-order valence-corrected chi connectivity index (χ0v) is 16.5. The molecule has 1 atom stereocenters. The zero-order chi connectivity index (χ0) is 21.0. The number of nitrogens with zero attached hydrogens (tertiary/aromatic N) is 4. The molecule has 29 heavy (non-hydrogen) atoms. The predicted octanol–water partition coefficient (Wildman–Crippen LogP) is 2.06. The molecule has 2 aromatic heterocycles. The van der Waals surface area contributed by atoms with Gasteiger partial charge in [-0.3, -0.25) is 9.59 Å². The Morgan fingerprint density at radius 2 is 1.97 bits per heavy atom. The number of rotatable bonds is 7. The first-order chi connectivity index (χ1) is 13.8. The van der Waals surface area contributed by atoms with Crippen LogP contribution in [0.5, 0.6) is 0 Å². The van der Waals surface area contributed by atoms with Crippen molar-refractivity contribution in [2.45, 2.75) is 46.3 Å². The Kier molecular flexibility index (Phi) is 6.16. The Hall–Kier alpha value is -3.36. The average molecular weight is 399 g/mol. The van der Waals surface area contributed by atoms with E-state index in [9.17, 15) is 14.0 Å². The molecule has 1 amide bonds. The molecular formula is C20H22FN5O3. The number of nitrogens with one attached hydrogen (secondary N) is 1. The summed E-state index contributed by atoms with van der Waals surface area (Å²) >= 11 is 0. The van der Waals surface area contributed by atoms with Gasteiger partial charge in [-0.25, -0.2) is 13.9 Å². The summed E-state index contributed by atoms with van der Waals surface area (Å²) in [6.07, 6.45) is 1.03. The molecule has 8 nitrogen and oxygen atoms in total. The van der Waals surface area contributed by atoms with Gasteiger partial charge in [0.1, 0.15) is 12.1 Å². The summed E-state index contributed by atoms with van der Waals surface area (Å²) < 4.78 is 19.8. The zero-order valence-electron chi connectivity index (χ0n) is 16.5. The molecule has 0 bridgehead atoms. The van der Waals surface area contributed by atoms with Gasteiger partial charge in [0.2, 0.25) is 0 Å². The molecule has 0 aliphatic carbocycles. The van der Waals surface area contributed by atoms with Crippen LogP contribution in [0.1, 0.15) is 35.9 Å². The molecule has 152 valence electrons.